The zero-order chi connectivity index (χ0) is 13.8. The highest BCUT2D eigenvalue weighted by Crippen LogP contribution is 2.17. The molecule has 2 heterocycles. The second-order valence-electron chi connectivity index (χ2n) is 4.42. The molecule has 0 amide bonds. The minimum atomic E-state index is -1.01. The molecule has 0 fully saturated rings. The Kier molecular flexibility index (Phi) is 3.87. The second-order valence-corrected chi connectivity index (χ2v) is 4.42. The van der Waals surface area contributed by atoms with Gasteiger partial charge < -0.3 is 10.8 Å². The minimum Gasteiger partial charge on any atom is -0.480 e. The van der Waals surface area contributed by atoms with Crippen LogP contribution in [-0.4, -0.2) is 27.1 Å². The van der Waals surface area contributed by atoms with Crippen LogP contribution >= 0.6 is 0 Å². The Balaban J connectivity index is 2.27. The molecule has 0 saturated heterocycles. The molecule has 1 atom stereocenters. The first-order valence-electron chi connectivity index (χ1n) is 5.92. The molecule has 5 nitrogen and oxygen atoms in total. The Morgan fingerprint density at radius 1 is 1.26 bits per heavy atom. The number of carboxylic acids is 1. The lowest BCUT2D eigenvalue weighted by Crippen LogP contribution is -2.32. The number of carbonyl (C=O) groups is 1. The summed E-state index contributed by atoms with van der Waals surface area (Å²) in [5, 5.41) is 8.81. The van der Waals surface area contributed by atoms with Gasteiger partial charge in [0.2, 0.25) is 0 Å². The SMILES string of the molecule is Cc1ccnc(-c2cc(CC(N)C(=O)O)ccn2)c1. The van der Waals surface area contributed by atoms with E-state index in [1.54, 1.807) is 18.5 Å². The lowest BCUT2D eigenvalue weighted by molar-refractivity contribution is -0.138. The van der Waals surface area contributed by atoms with Gasteiger partial charge in [0, 0.05) is 12.4 Å². The van der Waals surface area contributed by atoms with E-state index in [1.165, 1.54) is 0 Å². The maximum Gasteiger partial charge on any atom is 0.320 e. The number of aromatic nitrogens is 2. The quantitative estimate of drug-likeness (QED) is 0.864. The van der Waals surface area contributed by atoms with Crippen LogP contribution in [0.3, 0.4) is 0 Å². The fourth-order valence-corrected chi connectivity index (χ4v) is 1.76. The van der Waals surface area contributed by atoms with Crippen LogP contribution in [-0.2, 0) is 11.2 Å². The Morgan fingerprint density at radius 2 is 1.89 bits per heavy atom. The van der Waals surface area contributed by atoms with Crippen molar-refractivity contribution >= 4 is 5.97 Å². The maximum atomic E-state index is 10.8. The first kappa shape index (κ1) is 13.2. The number of carboxylic acid groups (broad SMARTS) is 1. The molecule has 2 aromatic heterocycles. The molecule has 3 N–H and O–H groups in total. The Bertz CT molecular complexity index is 599. The van der Waals surface area contributed by atoms with E-state index >= 15 is 0 Å². The van der Waals surface area contributed by atoms with Gasteiger partial charge in [0.1, 0.15) is 6.04 Å². The van der Waals surface area contributed by atoms with E-state index in [0.29, 0.717) is 0 Å². The molecule has 0 aliphatic rings. The van der Waals surface area contributed by atoms with Crippen molar-refractivity contribution < 1.29 is 9.90 Å². The lowest BCUT2D eigenvalue weighted by Gasteiger charge is -2.08. The third kappa shape index (κ3) is 3.35. The summed E-state index contributed by atoms with van der Waals surface area (Å²) in [5.41, 5.74) is 8.95. The number of nitrogens with two attached hydrogens (primary N) is 1. The Labute approximate surface area is 111 Å². The second kappa shape index (κ2) is 5.58. The molecule has 5 heteroatoms. The summed E-state index contributed by atoms with van der Waals surface area (Å²) >= 11 is 0. The maximum absolute atomic E-state index is 10.8. The molecule has 0 aliphatic heterocycles. The summed E-state index contributed by atoms with van der Waals surface area (Å²) in [5.74, 6) is -1.01. The van der Waals surface area contributed by atoms with Crippen LogP contribution in [0, 0.1) is 6.92 Å². The van der Waals surface area contributed by atoms with Crippen molar-refractivity contribution in [3.63, 3.8) is 0 Å². The number of rotatable bonds is 4. The molecule has 0 bridgehead atoms. The lowest BCUT2D eigenvalue weighted by atomic mass is 10.1. The van der Waals surface area contributed by atoms with Gasteiger partial charge in [-0.2, -0.15) is 0 Å². The normalized spacial score (nSPS) is 12.1. The number of pyridine rings is 2. The molecule has 0 aliphatic carbocycles. The van der Waals surface area contributed by atoms with Crippen LogP contribution in [0.2, 0.25) is 0 Å². The van der Waals surface area contributed by atoms with Gasteiger partial charge in [0.05, 0.1) is 11.4 Å². The highest BCUT2D eigenvalue weighted by atomic mass is 16.4. The van der Waals surface area contributed by atoms with Gasteiger partial charge in [0.25, 0.3) is 0 Å². The average molecular weight is 257 g/mol. The molecule has 98 valence electrons. The average Bonchev–Trinajstić information content (AvgIpc) is 2.39. The van der Waals surface area contributed by atoms with Gasteiger partial charge in [-0.25, -0.2) is 0 Å². The number of aliphatic carboxylic acids is 1. The molecular weight excluding hydrogens is 242 g/mol. The van der Waals surface area contributed by atoms with Gasteiger partial charge in [-0.05, 0) is 48.7 Å². The van der Waals surface area contributed by atoms with Gasteiger partial charge >= 0.3 is 5.97 Å². The van der Waals surface area contributed by atoms with Crippen molar-refractivity contribution in [2.75, 3.05) is 0 Å². The molecule has 2 rings (SSSR count). The number of aryl methyl sites for hydroxylation is 1. The zero-order valence-electron chi connectivity index (χ0n) is 10.6. The summed E-state index contributed by atoms with van der Waals surface area (Å²) in [6, 6.07) is 6.53. The van der Waals surface area contributed by atoms with Crippen LogP contribution in [0.5, 0.6) is 0 Å². The van der Waals surface area contributed by atoms with Crippen LogP contribution in [0.15, 0.2) is 36.7 Å². The van der Waals surface area contributed by atoms with Crippen molar-refractivity contribution in [2.45, 2.75) is 19.4 Å². The molecule has 0 spiro atoms. The number of nitrogens with zero attached hydrogens (tertiary/aromatic N) is 2. The molecule has 0 radical (unpaired) electrons. The topological polar surface area (TPSA) is 89.1 Å². The van der Waals surface area contributed by atoms with Gasteiger partial charge in [-0.3, -0.25) is 14.8 Å². The van der Waals surface area contributed by atoms with E-state index in [1.807, 2.05) is 25.1 Å². The van der Waals surface area contributed by atoms with E-state index < -0.39 is 12.0 Å². The van der Waals surface area contributed by atoms with Gasteiger partial charge in [0.15, 0.2) is 0 Å². The summed E-state index contributed by atoms with van der Waals surface area (Å²) < 4.78 is 0. The van der Waals surface area contributed by atoms with Crippen molar-refractivity contribution in [2.24, 2.45) is 5.73 Å². The monoisotopic (exact) mass is 257 g/mol. The summed E-state index contributed by atoms with van der Waals surface area (Å²) in [7, 11) is 0. The molecule has 0 aromatic carbocycles. The molecule has 19 heavy (non-hydrogen) atoms. The highest BCUT2D eigenvalue weighted by molar-refractivity contribution is 5.73. The summed E-state index contributed by atoms with van der Waals surface area (Å²) in [4.78, 5) is 19.3. The van der Waals surface area contributed by atoms with Crippen LogP contribution in [0.1, 0.15) is 11.1 Å². The van der Waals surface area contributed by atoms with E-state index in [9.17, 15) is 4.79 Å². The van der Waals surface area contributed by atoms with E-state index in [0.717, 1.165) is 22.5 Å². The van der Waals surface area contributed by atoms with Gasteiger partial charge in [-0.15, -0.1) is 0 Å². The minimum absolute atomic E-state index is 0.274. The Hall–Kier alpha value is -2.27. The molecular formula is C14H15N3O2. The largest absolute Gasteiger partial charge is 0.480 e. The van der Waals surface area contributed by atoms with Crippen molar-refractivity contribution in [1.82, 2.24) is 9.97 Å². The van der Waals surface area contributed by atoms with E-state index in [-0.39, 0.29) is 6.42 Å². The molecule has 0 saturated carbocycles. The third-order valence-electron chi connectivity index (χ3n) is 2.78. The van der Waals surface area contributed by atoms with Gasteiger partial charge in [-0.1, -0.05) is 0 Å². The van der Waals surface area contributed by atoms with E-state index in [2.05, 4.69) is 9.97 Å². The highest BCUT2D eigenvalue weighted by Gasteiger charge is 2.12. The fraction of sp³-hybridized carbons (Fsp3) is 0.214. The van der Waals surface area contributed by atoms with E-state index in [4.69, 9.17) is 10.8 Å². The van der Waals surface area contributed by atoms with Crippen molar-refractivity contribution in [3.8, 4) is 11.4 Å². The molecule has 2 aromatic rings. The Morgan fingerprint density at radius 3 is 2.53 bits per heavy atom. The first-order chi connectivity index (χ1) is 9.06. The van der Waals surface area contributed by atoms with Crippen LogP contribution in [0.25, 0.3) is 11.4 Å². The third-order valence-corrected chi connectivity index (χ3v) is 2.78. The zero-order valence-corrected chi connectivity index (χ0v) is 10.6. The predicted octanol–water partition coefficient (Wildman–Crippen LogP) is 1.41. The van der Waals surface area contributed by atoms with Crippen LogP contribution in [0.4, 0.5) is 0 Å². The molecule has 1 unspecified atom stereocenters. The summed E-state index contributed by atoms with van der Waals surface area (Å²) in [6.45, 7) is 1.98. The van der Waals surface area contributed by atoms with Crippen LogP contribution < -0.4 is 5.73 Å². The number of hydrogen-bond donors (Lipinski definition) is 2. The predicted molar refractivity (Wildman–Crippen MR) is 71.5 cm³/mol. The smallest absolute Gasteiger partial charge is 0.320 e. The fourth-order valence-electron chi connectivity index (χ4n) is 1.76. The first-order valence-corrected chi connectivity index (χ1v) is 5.92. The standard InChI is InChI=1S/C14H15N3O2/c1-9-2-4-16-12(6-9)13-8-10(3-5-17-13)7-11(15)14(18)19/h2-6,8,11H,7,15H2,1H3,(H,18,19). The van der Waals surface area contributed by atoms with Crippen molar-refractivity contribution in [1.29, 1.82) is 0 Å². The summed E-state index contributed by atoms with van der Waals surface area (Å²) in [6.07, 6.45) is 3.64. The number of hydrogen-bond acceptors (Lipinski definition) is 4. The van der Waals surface area contributed by atoms with Crippen molar-refractivity contribution in [3.05, 3.63) is 47.8 Å².